The van der Waals surface area contributed by atoms with Crippen LogP contribution in [0.1, 0.15) is 11.1 Å². The van der Waals surface area contributed by atoms with Crippen LogP contribution in [-0.4, -0.2) is 113 Å². The van der Waals surface area contributed by atoms with Crippen molar-refractivity contribution >= 4 is 52.2 Å². The first-order valence-corrected chi connectivity index (χ1v) is 21.0. The van der Waals surface area contributed by atoms with Crippen molar-refractivity contribution < 1.29 is 43.4 Å². The summed E-state index contributed by atoms with van der Waals surface area (Å²) in [5.74, 6) is 1.04. The number of fused-ring (bicyclic) bond motifs is 2. The van der Waals surface area contributed by atoms with Crippen LogP contribution in [0.5, 0.6) is 11.5 Å². The summed E-state index contributed by atoms with van der Waals surface area (Å²) >= 11 is 0. The molecule has 0 spiro atoms. The summed E-state index contributed by atoms with van der Waals surface area (Å²) in [5, 5.41) is 44.8. The standard InChI is InChI=1S/C45H48N10O12/c56-43(47-35-9-15-38(16-10-35)53(59)60)46-21-22-50-23-25-51(44(57)48-36-11-17-39(18-12-36)54(61)62)31-33-5-1-3-7-41(33)66-29-27-65-28-30-67-42-8-4-2-6-34(42)32-52(26-24-50)45(58)49-37-13-19-40(20-14-37)55(63)64/h1-20H,21-32H2,(H,48,57)(H,49,58)(H2,46,47,56). The number of ether oxygens (including phenoxy) is 3. The number of urea groups is 3. The largest absolute Gasteiger partial charge is 0.491 e. The molecule has 1 heterocycles. The first-order valence-electron chi connectivity index (χ1n) is 21.0. The molecule has 6 amide bonds. The SMILES string of the molecule is O=C(NCCN1CCN(C(=O)Nc2ccc([N+](=O)[O-])cc2)Cc2ccccc2OCCOCCOc2ccccc2CN(C(=O)Nc2ccc([N+](=O)[O-])cc2)CC1)Nc1ccc([N+](=O)[O-])cc1. The highest BCUT2D eigenvalue weighted by molar-refractivity contribution is 5.90. The number of hydrogen-bond donors (Lipinski definition) is 4. The van der Waals surface area contributed by atoms with Crippen molar-refractivity contribution in [3.63, 3.8) is 0 Å². The topological polar surface area (TPSA) is 266 Å². The molecule has 0 saturated carbocycles. The lowest BCUT2D eigenvalue weighted by Crippen LogP contribution is -2.46. The van der Waals surface area contributed by atoms with Gasteiger partial charge in [0, 0.05) is 104 Å². The van der Waals surface area contributed by atoms with Gasteiger partial charge in [0.2, 0.25) is 0 Å². The summed E-state index contributed by atoms with van der Waals surface area (Å²) in [6.07, 6.45) is 0. The molecular formula is C45H48N10O12. The highest BCUT2D eigenvalue weighted by Gasteiger charge is 2.22. The Morgan fingerprint density at radius 2 is 0.896 bits per heavy atom. The summed E-state index contributed by atoms with van der Waals surface area (Å²) in [5.41, 5.74) is 1.91. The Morgan fingerprint density at radius 1 is 0.507 bits per heavy atom. The maximum atomic E-state index is 14.1. The lowest BCUT2D eigenvalue weighted by molar-refractivity contribution is -0.385. The van der Waals surface area contributed by atoms with Crippen LogP contribution < -0.4 is 30.7 Å². The van der Waals surface area contributed by atoms with Crippen LogP contribution in [0.2, 0.25) is 0 Å². The van der Waals surface area contributed by atoms with E-state index >= 15 is 0 Å². The summed E-state index contributed by atoms with van der Waals surface area (Å²) in [6.45, 7) is 1.97. The average molecular weight is 921 g/mol. The molecule has 5 aromatic carbocycles. The fourth-order valence-corrected chi connectivity index (χ4v) is 6.76. The Morgan fingerprint density at radius 3 is 1.30 bits per heavy atom. The van der Waals surface area contributed by atoms with Crippen LogP contribution in [0, 0.1) is 30.3 Å². The third kappa shape index (κ3) is 14.8. The number of nitro groups is 3. The molecule has 6 rings (SSSR count). The fraction of sp³-hybridized carbons (Fsp3) is 0.267. The molecule has 350 valence electrons. The number of anilines is 3. The van der Waals surface area contributed by atoms with Gasteiger partial charge >= 0.3 is 18.1 Å². The van der Waals surface area contributed by atoms with E-state index in [0.29, 0.717) is 39.7 Å². The number of nitrogens with one attached hydrogen (secondary N) is 4. The smallest absolute Gasteiger partial charge is 0.322 e. The van der Waals surface area contributed by atoms with Gasteiger partial charge in [-0.1, -0.05) is 36.4 Å². The van der Waals surface area contributed by atoms with Crippen molar-refractivity contribution in [2.24, 2.45) is 0 Å². The van der Waals surface area contributed by atoms with E-state index in [4.69, 9.17) is 14.2 Å². The predicted octanol–water partition coefficient (Wildman–Crippen LogP) is 7.09. The molecule has 4 N–H and O–H groups in total. The van der Waals surface area contributed by atoms with E-state index in [-0.39, 0.29) is 95.8 Å². The van der Waals surface area contributed by atoms with Gasteiger partial charge in [-0.25, -0.2) is 14.4 Å². The second kappa shape index (κ2) is 24.1. The maximum Gasteiger partial charge on any atom is 0.322 e. The van der Waals surface area contributed by atoms with Gasteiger partial charge in [-0.3, -0.25) is 35.2 Å². The van der Waals surface area contributed by atoms with Crippen molar-refractivity contribution in [1.29, 1.82) is 0 Å². The third-order valence-corrected chi connectivity index (χ3v) is 10.3. The predicted molar refractivity (Wildman–Crippen MR) is 246 cm³/mol. The normalized spacial score (nSPS) is 14.1. The zero-order valence-electron chi connectivity index (χ0n) is 36.1. The summed E-state index contributed by atoms with van der Waals surface area (Å²) < 4.78 is 18.0. The van der Waals surface area contributed by atoms with Crippen molar-refractivity contribution in [3.05, 3.63) is 163 Å². The second-order valence-electron chi connectivity index (χ2n) is 14.9. The van der Waals surface area contributed by atoms with E-state index in [0.717, 1.165) is 0 Å². The average Bonchev–Trinajstić information content (AvgIpc) is 3.31. The molecule has 22 heteroatoms. The number of nitro benzene ring substituents is 3. The minimum absolute atomic E-state index is 0.0774. The summed E-state index contributed by atoms with van der Waals surface area (Å²) in [7, 11) is 0. The van der Waals surface area contributed by atoms with E-state index in [1.54, 1.807) is 34.1 Å². The number of hydrogen-bond acceptors (Lipinski definition) is 13. The molecule has 5 aromatic rings. The first-order chi connectivity index (χ1) is 32.4. The fourth-order valence-electron chi connectivity index (χ4n) is 6.76. The van der Waals surface area contributed by atoms with Gasteiger partial charge in [0.25, 0.3) is 17.1 Å². The van der Waals surface area contributed by atoms with Crippen LogP contribution in [-0.2, 0) is 17.8 Å². The van der Waals surface area contributed by atoms with Crippen LogP contribution >= 0.6 is 0 Å². The molecule has 0 saturated heterocycles. The van der Waals surface area contributed by atoms with Gasteiger partial charge in [0.05, 0.1) is 41.1 Å². The van der Waals surface area contributed by atoms with E-state index in [9.17, 15) is 44.7 Å². The monoisotopic (exact) mass is 920 g/mol. The molecule has 0 bridgehead atoms. The molecule has 0 radical (unpaired) electrons. The third-order valence-electron chi connectivity index (χ3n) is 10.3. The van der Waals surface area contributed by atoms with Crippen molar-refractivity contribution in [2.45, 2.75) is 13.1 Å². The molecule has 0 unspecified atom stereocenters. The van der Waals surface area contributed by atoms with Gasteiger partial charge in [0.15, 0.2) is 0 Å². The van der Waals surface area contributed by atoms with Gasteiger partial charge in [-0.2, -0.15) is 0 Å². The Balaban J connectivity index is 1.28. The highest BCUT2D eigenvalue weighted by atomic mass is 16.6. The number of benzene rings is 5. The Hall–Kier alpha value is -8.37. The Labute approximate surface area is 383 Å². The number of amides is 6. The minimum atomic E-state index is -0.575. The quantitative estimate of drug-likeness (QED) is 0.0851. The van der Waals surface area contributed by atoms with Crippen molar-refractivity contribution in [3.8, 4) is 11.5 Å². The molecule has 0 aromatic heterocycles. The minimum Gasteiger partial charge on any atom is -0.491 e. The zero-order chi connectivity index (χ0) is 47.5. The van der Waals surface area contributed by atoms with E-state index in [1.807, 2.05) is 29.2 Å². The van der Waals surface area contributed by atoms with Crippen molar-refractivity contribution in [1.82, 2.24) is 20.0 Å². The Bertz CT molecular complexity index is 2360. The molecule has 1 aliphatic heterocycles. The molecule has 22 nitrogen and oxygen atoms in total. The molecule has 1 aliphatic rings. The summed E-state index contributed by atoms with van der Waals surface area (Å²) in [4.78, 5) is 78.4. The maximum absolute atomic E-state index is 14.1. The number of rotatable bonds is 9. The lowest BCUT2D eigenvalue weighted by Gasteiger charge is -2.31. The molecular weight excluding hydrogens is 873 g/mol. The van der Waals surface area contributed by atoms with Gasteiger partial charge in [-0.15, -0.1) is 0 Å². The van der Waals surface area contributed by atoms with Gasteiger partial charge in [-0.05, 0) is 48.5 Å². The highest BCUT2D eigenvalue weighted by Crippen LogP contribution is 2.24. The van der Waals surface area contributed by atoms with Crippen LogP contribution in [0.3, 0.4) is 0 Å². The number of para-hydroxylation sites is 2. The number of carbonyl (C=O) groups is 3. The van der Waals surface area contributed by atoms with Crippen LogP contribution in [0.4, 0.5) is 48.5 Å². The van der Waals surface area contributed by atoms with Gasteiger partial charge in [0.1, 0.15) is 24.7 Å². The van der Waals surface area contributed by atoms with E-state index < -0.39 is 32.9 Å². The number of non-ortho nitro benzene ring substituents is 3. The zero-order valence-corrected chi connectivity index (χ0v) is 36.1. The summed E-state index contributed by atoms with van der Waals surface area (Å²) in [6, 6.07) is 29.0. The molecule has 67 heavy (non-hydrogen) atoms. The molecule has 0 aliphatic carbocycles. The first kappa shape index (κ1) is 48.1. The molecule has 0 fully saturated rings. The van der Waals surface area contributed by atoms with Crippen molar-refractivity contribution in [2.75, 3.05) is 81.6 Å². The van der Waals surface area contributed by atoms with E-state index in [1.165, 1.54) is 72.8 Å². The van der Waals surface area contributed by atoms with Gasteiger partial charge < -0.3 is 45.3 Å². The van der Waals surface area contributed by atoms with Crippen LogP contribution in [0.15, 0.2) is 121 Å². The lowest BCUT2D eigenvalue weighted by atomic mass is 10.2. The second-order valence-corrected chi connectivity index (χ2v) is 14.9. The van der Waals surface area contributed by atoms with E-state index in [2.05, 4.69) is 21.3 Å². The number of nitrogens with zero attached hydrogens (tertiary/aromatic N) is 6. The molecule has 0 atom stereocenters. The number of carbonyl (C=O) groups excluding carboxylic acids is 3. The van der Waals surface area contributed by atoms with Crippen LogP contribution in [0.25, 0.3) is 0 Å². The Kier molecular flexibility index (Phi) is 17.3.